The van der Waals surface area contributed by atoms with Crippen LogP contribution in [0.3, 0.4) is 0 Å². The molecular weight excluding hydrogens is 124 g/mol. The normalized spacial score (nSPS) is 12.3. The number of hydrogen-bond acceptors (Lipinski definition) is 2. The van der Waals surface area contributed by atoms with Crippen molar-refractivity contribution in [3.05, 3.63) is 0 Å². The van der Waals surface area contributed by atoms with Gasteiger partial charge in [0.25, 0.3) is 0 Å². The van der Waals surface area contributed by atoms with E-state index >= 15 is 0 Å². The van der Waals surface area contributed by atoms with Gasteiger partial charge < -0.3 is 5.43 Å². The lowest BCUT2D eigenvalue weighted by Crippen LogP contribution is -2.02. The fraction of sp³-hybridized carbons (Fsp3) is 0.875. The summed E-state index contributed by atoms with van der Waals surface area (Å²) >= 11 is 0. The highest BCUT2D eigenvalue weighted by Gasteiger charge is 1.95. The SMILES string of the molecule is CN/N=C(\C)CCC(C)C. The molecule has 0 aliphatic heterocycles. The van der Waals surface area contributed by atoms with E-state index in [1.54, 1.807) is 0 Å². The van der Waals surface area contributed by atoms with Gasteiger partial charge in [0, 0.05) is 12.8 Å². The predicted octanol–water partition coefficient (Wildman–Crippen LogP) is 2.02. The summed E-state index contributed by atoms with van der Waals surface area (Å²) in [7, 11) is 1.83. The molecule has 2 nitrogen and oxygen atoms in total. The highest BCUT2D eigenvalue weighted by atomic mass is 15.3. The Kier molecular flexibility index (Phi) is 4.99. The Morgan fingerprint density at radius 1 is 1.50 bits per heavy atom. The largest absolute Gasteiger partial charge is 0.313 e. The molecule has 2 heteroatoms. The van der Waals surface area contributed by atoms with Crippen molar-refractivity contribution < 1.29 is 0 Å². The van der Waals surface area contributed by atoms with Crippen LogP contribution < -0.4 is 5.43 Å². The Bertz CT molecular complexity index is 106. The summed E-state index contributed by atoms with van der Waals surface area (Å²) in [4.78, 5) is 0. The molecular formula is C8H18N2. The monoisotopic (exact) mass is 142 g/mol. The first kappa shape index (κ1) is 9.47. The molecule has 0 aromatic rings. The molecule has 0 radical (unpaired) electrons. The van der Waals surface area contributed by atoms with Crippen LogP contribution in [0.5, 0.6) is 0 Å². The molecule has 0 amide bonds. The summed E-state index contributed by atoms with van der Waals surface area (Å²) in [6, 6.07) is 0. The van der Waals surface area contributed by atoms with Crippen molar-refractivity contribution >= 4 is 5.71 Å². The highest BCUT2D eigenvalue weighted by Crippen LogP contribution is 2.03. The van der Waals surface area contributed by atoms with Gasteiger partial charge in [-0.3, -0.25) is 0 Å². The zero-order valence-electron chi connectivity index (χ0n) is 7.44. The van der Waals surface area contributed by atoms with Gasteiger partial charge in [0.1, 0.15) is 0 Å². The first-order valence-corrected chi connectivity index (χ1v) is 3.86. The van der Waals surface area contributed by atoms with Crippen LogP contribution in [0.2, 0.25) is 0 Å². The van der Waals surface area contributed by atoms with E-state index < -0.39 is 0 Å². The molecule has 0 aliphatic carbocycles. The summed E-state index contributed by atoms with van der Waals surface area (Å²) < 4.78 is 0. The average Bonchev–Trinajstić information content (AvgIpc) is 1.85. The van der Waals surface area contributed by atoms with Crippen LogP contribution in [0.25, 0.3) is 0 Å². The van der Waals surface area contributed by atoms with Crippen LogP contribution in [0, 0.1) is 5.92 Å². The van der Waals surface area contributed by atoms with Gasteiger partial charge in [0.15, 0.2) is 0 Å². The molecule has 0 spiro atoms. The Morgan fingerprint density at radius 2 is 2.10 bits per heavy atom. The molecule has 0 rings (SSSR count). The Balaban J connectivity index is 3.39. The van der Waals surface area contributed by atoms with Crippen molar-refractivity contribution in [3.63, 3.8) is 0 Å². The van der Waals surface area contributed by atoms with E-state index in [0.717, 1.165) is 12.3 Å². The van der Waals surface area contributed by atoms with E-state index in [-0.39, 0.29) is 0 Å². The minimum Gasteiger partial charge on any atom is -0.313 e. The molecule has 1 N–H and O–H groups in total. The second-order valence-corrected chi connectivity index (χ2v) is 3.00. The van der Waals surface area contributed by atoms with E-state index in [4.69, 9.17) is 0 Å². The molecule has 0 aromatic heterocycles. The van der Waals surface area contributed by atoms with Crippen molar-refractivity contribution in [2.75, 3.05) is 7.05 Å². The molecule has 0 fully saturated rings. The summed E-state index contributed by atoms with van der Waals surface area (Å²) in [6.45, 7) is 6.51. The van der Waals surface area contributed by atoms with Gasteiger partial charge in [-0.05, 0) is 25.7 Å². The van der Waals surface area contributed by atoms with Gasteiger partial charge in [-0.25, -0.2) is 0 Å². The maximum atomic E-state index is 4.06. The number of rotatable bonds is 4. The third kappa shape index (κ3) is 5.60. The van der Waals surface area contributed by atoms with E-state index in [9.17, 15) is 0 Å². The molecule has 0 saturated carbocycles. The van der Waals surface area contributed by atoms with Crippen molar-refractivity contribution in [2.45, 2.75) is 33.6 Å². The van der Waals surface area contributed by atoms with Crippen molar-refractivity contribution in [1.82, 2.24) is 5.43 Å². The fourth-order valence-electron chi connectivity index (χ4n) is 0.744. The number of hydrazone groups is 1. The van der Waals surface area contributed by atoms with E-state index in [1.165, 1.54) is 12.1 Å². The smallest absolute Gasteiger partial charge is 0.0347 e. The Labute approximate surface area is 63.7 Å². The molecule has 0 heterocycles. The van der Waals surface area contributed by atoms with Crippen LogP contribution >= 0.6 is 0 Å². The van der Waals surface area contributed by atoms with Crippen LogP contribution in [0.4, 0.5) is 0 Å². The third-order valence-electron chi connectivity index (χ3n) is 1.39. The zero-order valence-corrected chi connectivity index (χ0v) is 7.44. The Hall–Kier alpha value is -0.530. The molecule has 10 heavy (non-hydrogen) atoms. The predicted molar refractivity (Wildman–Crippen MR) is 46.2 cm³/mol. The lowest BCUT2D eigenvalue weighted by atomic mass is 10.1. The van der Waals surface area contributed by atoms with Gasteiger partial charge >= 0.3 is 0 Å². The van der Waals surface area contributed by atoms with Crippen molar-refractivity contribution in [1.29, 1.82) is 0 Å². The minimum atomic E-state index is 0.780. The maximum Gasteiger partial charge on any atom is 0.0347 e. The van der Waals surface area contributed by atoms with E-state index in [0.29, 0.717) is 0 Å². The molecule has 0 saturated heterocycles. The summed E-state index contributed by atoms with van der Waals surface area (Å²) in [6.07, 6.45) is 2.34. The lowest BCUT2D eigenvalue weighted by molar-refractivity contribution is 0.601. The molecule has 0 atom stereocenters. The van der Waals surface area contributed by atoms with Crippen LogP contribution in [0.15, 0.2) is 5.10 Å². The first-order chi connectivity index (χ1) is 4.66. The van der Waals surface area contributed by atoms with Gasteiger partial charge in [-0.2, -0.15) is 5.10 Å². The van der Waals surface area contributed by atoms with Crippen molar-refractivity contribution in [3.8, 4) is 0 Å². The van der Waals surface area contributed by atoms with Crippen LogP contribution in [0.1, 0.15) is 33.6 Å². The fourth-order valence-corrected chi connectivity index (χ4v) is 0.744. The number of nitrogens with zero attached hydrogens (tertiary/aromatic N) is 1. The van der Waals surface area contributed by atoms with Crippen LogP contribution in [-0.2, 0) is 0 Å². The van der Waals surface area contributed by atoms with Crippen molar-refractivity contribution in [2.24, 2.45) is 11.0 Å². The second-order valence-electron chi connectivity index (χ2n) is 3.00. The molecule has 60 valence electrons. The number of nitrogens with one attached hydrogen (secondary N) is 1. The van der Waals surface area contributed by atoms with Gasteiger partial charge in [0.05, 0.1) is 0 Å². The zero-order chi connectivity index (χ0) is 7.98. The molecule has 0 aliphatic rings. The second kappa shape index (κ2) is 5.27. The highest BCUT2D eigenvalue weighted by molar-refractivity contribution is 5.81. The summed E-state index contributed by atoms with van der Waals surface area (Å²) in [5.41, 5.74) is 3.97. The third-order valence-corrected chi connectivity index (χ3v) is 1.39. The molecule has 0 bridgehead atoms. The molecule has 0 unspecified atom stereocenters. The average molecular weight is 142 g/mol. The lowest BCUT2D eigenvalue weighted by Gasteiger charge is -2.02. The standard InChI is InChI=1S/C8H18N2/c1-7(2)5-6-8(3)10-9-4/h7,9H,5-6H2,1-4H3/b10-8+. The maximum absolute atomic E-state index is 4.06. The van der Waals surface area contributed by atoms with E-state index in [2.05, 4.69) is 31.3 Å². The Morgan fingerprint density at radius 3 is 2.50 bits per heavy atom. The van der Waals surface area contributed by atoms with Gasteiger partial charge in [-0.1, -0.05) is 13.8 Å². The topological polar surface area (TPSA) is 24.4 Å². The van der Waals surface area contributed by atoms with Gasteiger partial charge in [0.2, 0.25) is 0 Å². The van der Waals surface area contributed by atoms with Gasteiger partial charge in [-0.15, -0.1) is 0 Å². The quantitative estimate of drug-likeness (QED) is 0.471. The number of hydrogen-bond donors (Lipinski definition) is 1. The molecule has 0 aromatic carbocycles. The first-order valence-electron chi connectivity index (χ1n) is 3.86. The van der Waals surface area contributed by atoms with E-state index in [1.807, 2.05) is 7.05 Å². The van der Waals surface area contributed by atoms with Crippen LogP contribution in [-0.4, -0.2) is 12.8 Å². The minimum absolute atomic E-state index is 0.780. The summed E-state index contributed by atoms with van der Waals surface area (Å²) in [5.74, 6) is 0.780. The summed E-state index contributed by atoms with van der Waals surface area (Å²) in [5, 5.41) is 4.06.